The summed E-state index contributed by atoms with van der Waals surface area (Å²) in [7, 11) is 0. The second-order valence-electron chi connectivity index (χ2n) is 4.08. The van der Waals surface area contributed by atoms with Crippen LogP contribution >= 0.6 is 34.5 Å². The van der Waals surface area contributed by atoms with Crippen LogP contribution in [0, 0.1) is 0 Å². The van der Waals surface area contributed by atoms with Crippen LogP contribution in [0.25, 0.3) is 10.4 Å². The third-order valence-electron chi connectivity index (χ3n) is 2.65. The van der Waals surface area contributed by atoms with E-state index in [0.717, 1.165) is 28.9 Å². The summed E-state index contributed by atoms with van der Waals surface area (Å²) in [5.74, 6) is 0. The zero-order valence-electron chi connectivity index (χ0n) is 10.2. The molecule has 0 atom stereocenters. The molecule has 0 saturated heterocycles. The Morgan fingerprint density at radius 1 is 1.17 bits per heavy atom. The average Bonchev–Trinajstić information content (AvgIpc) is 2.76. The molecule has 2 aromatic rings. The minimum atomic E-state index is 0.773. The topological polar surface area (TPSA) is 12.0 Å². The number of rotatable bonds is 5. The van der Waals surface area contributed by atoms with Crippen molar-refractivity contribution in [1.82, 2.24) is 5.32 Å². The van der Waals surface area contributed by atoms with E-state index in [0.29, 0.717) is 0 Å². The lowest BCUT2D eigenvalue weighted by Gasteiger charge is -2.09. The first-order valence-electron chi connectivity index (χ1n) is 5.95. The Morgan fingerprint density at radius 2 is 2.00 bits per heavy atom. The number of nitrogens with one attached hydrogen (secondary N) is 1. The second kappa shape index (κ2) is 6.58. The second-order valence-corrected chi connectivity index (χ2v) is 6.23. The van der Waals surface area contributed by atoms with Gasteiger partial charge in [-0.3, -0.25) is 0 Å². The zero-order valence-corrected chi connectivity index (χ0v) is 12.5. The van der Waals surface area contributed by atoms with E-state index < -0.39 is 0 Å². The van der Waals surface area contributed by atoms with Gasteiger partial charge in [0.05, 0.1) is 4.34 Å². The van der Waals surface area contributed by atoms with Crippen molar-refractivity contribution in [3.8, 4) is 10.4 Å². The Balaban J connectivity index is 2.28. The van der Waals surface area contributed by atoms with Crippen molar-refractivity contribution in [3.63, 3.8) is 0 Å². The molecule has 1 N–H and O–H groups in total. The van der Waals surface area contributed by atoms with E-state index in [1.807, 2.05) is 18.2 Å². The van der Waals surface area contributed by atoms with E-state index in [4.69, 9.17) is 23.2 Å². The zero-order chi connectivity index (χ0) is 13.0. The normalized spacial score (nSPS) is 10.8. The highest BCUT2D eigenvalue weighted by Crippen LogP contribution is 2.34. The third kappa shape index (κ3) is 3.48. The lowest BCUT2D eigenvalue weighted by molar-refractivity contribution is 0.676. The first kappa shape index (κ1) is 13.9. The van der Waals surface area contributed by atoms with Crippen molar-refractivity contribution >= 4 is 34.5 Å². The van der Waals surface area contributed by atoms with Gasteiger partial charge in [0.15, 0.2) is 0 Å². The molecule has 0 saturated carbocycles. The average molecular weight is 300 g/mol. The van der Waals surface area contributed by atoms with E-state index in [1.54, 1.807) is 11.3 Å². The molecule has 1 nitrogen and oxygen atoms in total. The molecular formula is C14H15Cl2NS. The van der Waals surface area contributed by atoms with Crippen molar-refractivity contribution in [2.75, 3.05) is 6.54 Å². The molecule has 0 spiro atoms. The summed E-state index contributed by atoms with van der Waals surface area (Å²) in [6.07, 6.45) is 1.13. The van der Waals surface area contributed by atoms with E-state index in [9.17, 15) is 0 Å². The highest BCUT2D eigenvalue weighted by molar-refractivity contribution is 7.19. The third-order valence-corrected chi connectivity index (χ3v) is 4.15. The quantitative estimate of drug-likeness (QED) is 0.746. The van der Waals surface area contributed by atoms with E-state index >= 15 is 0 Å². The van der Waals surface area contributed by atoms with Gasteiger partial charge in [-0.25, -0.2) is 0 Å². The van der Waals surface area contributed by atoms with Gasteiger partial charge in [-0.15, -0.1) is 11.3 Å². The molecule has 0 aliphatic carbocycles. The van der Waals surface area contributed by atoms with E-state index in [1.165, 1.54) is 16.0 Å². The Bertz CT molecular complexity index is 522. The van der Waals surface area contributed by atoms with Crippen LogP contribution in [0.15, 0.2) is 30.3 Å². The van der Waals surface area contributed by atoms with Gasteiger partial charge in [-0.2, -0.15) is 0 Å². The van der Waals surface area contributed by atoms with E-state index in [2.05, 4.69) is 24.4 Å². The molecule has 0 bridgehead atoms. The summed E-state index contributed by atoms with van der Waals surface area (Å²) in [5, 5.41) is 4.18. The van der Waals surface area contributed by atoms with Gasteiger partial charge < -0.3 is 5.32 Å². The summed E-state index contributed by atoms with van der Waals surface area (Å²) < 4.78 is 0.812. The van der Waals surface area contributed by atoms with E-state index in [-0.39, 0.29) is 0 Å². The number of benzene rings is 1. The fourth-order valence-corrected chi connectivity index (χ4v) is 3.11. The Hall–Kier alpha value is -0.540. The highest BCUT2D eigenvalue weighted by Gasteiger charge is 2.08. The molecule has 18 heavy (non-hydrogen) atoms. The molecule has 0 aliphatic heterocycles. The lowest BCUT2D eigenvalue weighted by atomic mass is 10.1. The smallest absolute Gasteiger partial charge is 0.0934 e. The van der Waals surface area contributed by atoms with Crippen molar-refractivity contribution in [3.05, 3.63) is 45.3 Å². The van der Waals surface area contributed by atoms with Gasteiger partial charge in [0.1, 0.15) is 0 Å². The van der Waals surface area contributed by atoms with Crippen LogP contribution in [-0.4, -0.2) is 6.54 Å². The summed E-state index contributed by atoms with van der Waals surface area (Å²) in [6.45, 7) is 4.00. The first-order valence-corrected chi connectivity index (χ1v) is 7.53. The van der Waals surface area contributed by atoms with Crippen LogP contribution in [0.1, 0.15) is 18.9 Å². The van der Waals surface area contributed by atoms with Gasteiger partial charge in [-0.05, 0) is 48.4 Å². The maximum Gasteiger partial charge on any atom is 0.0934 e. The minimum absolute atomic E-state index is 0.773. The van der Waals surface area contributed by atoms with Crippen molar-refractivity contribution in [2.24, 2.45) is 0 Å². The van der Waals surface area contributed by atoms with Crippen molar-refractivity contribution in [2.45, 2.75) is 19.9 Å². The lowest BCUT2D eigenvalue weighted by Crippen LogP contribution is -2.14. The molecule has 2 rings (SSSR count). The molecule has 0 unspecified atom stereocenters. The Kier molecular flexibility index (Phi) is 5.07. The summed E-state index contributed by atoms with van der Waals surface area (Å²) in [6, 6.07) is 9.99. The molecule has 0 fully saturated rings. The molecule has 0 amide bonds. The SMILES string of the molecule is CCCNCc1cc(Cl)ccc1-c1ccc(Cl)s1. The first-order chi connectivity index (χ1) is 8.70. The predicted octanol–water partition coefficient (Wildman–Crippen LogP) is 5.22. The predicted molar refractivity (Wildman–Crippen MR) is 81.8 cm³/mol. The number of halogens is 2. The van der Waals surface area contributed by atoms with Gasteiger partial charge in [-0.1, -0.05) is 36.2 Å². The van der Waals surface area contributed by atoms with Crippen LogP contribution in [-0.2, 0) is 6.54 Å². The van der Waals surface area contributed by atoms with Crippen LogP contribution in [0.2, 0.25) is 9.36 Å². The largest absolute Gasteiger partial charge is 0.313 e. The number of hydrogen-bond donors (Lipinski definition) is 1. The van der Waals surface area contributed by atoms with Crippen molar-refractivity contribution < 1.29 is 0 Å². The van der Waals surface area contributed by atoms with Crippen LogP contribution in [0.5, 0.6) is 0 Å². The van der Waals surface area contributed by atoms with Gasteiger partial charge in [0.2, 0.25) is 0 Å². The maximum absolute atomic E-state index is 6.07. The van der Waals surface area contributed by atoms with Crippen LogP contribution in [0.3, 0.4) is 0 Å². The van der Waals surface area contributed by atoms with Gasteiger partial charge >= 0.3 is 0 Å². The standard InChI is InChI=1S/C14H15Cl2NS/c1-2-7-17-9-10-8-11(15)3-4-12(10)13-5-6-14(16)18-13/h3-6,8,17H,2,7,9H2,1H3. The molecule has 1 aromatic heterocycles. The molecule has 1 heterocycles. The van der Waals surface area contributed by atoms with Crippen molar-refractivity contribution in [1.29, 1.82) is 0 Å². The number of hydrogen-bond acceptors (Lipinski definition) is 2. The van der Waals surface area contributed by atoms with Gasteiger partial charge in [0, 0.05) is 16.4 Å². The molecule has 0 radical (unpaired) electrons. The summed E-state index contributed by atoms with van der Waals surface area (Å²) >= 11 is 13.7. The fourth-order valence-electron chi connectivity index (χ4n) is 1.81. The Morgan fingerprint density at radius 3 is 2.67 bits per heavy atom. The molecular weight excluding hydrogens is 285 g/mol. The molecule has 1 aromatic carbocycles. The minimum Gasteiger partial charge on any atom is -0.313 e. The highest BCUT2D eigenvalue weighted by atomic mass is 35.5. The molecule has 0 aliphatic rings. The fraction of sp³-hybridized carbons (Fsp3) is 0.286. The molecule has 96 valence electrons. The monoisotopic (exact) mass is 299 g/mol. The van der Waals surface area contributed by atoms with Crippen LogP contribution in [0.4, 0.5) is 0 Å². The summed E-state index contributed by atoms with van der Waals surface area (Å²) in [4.78, 5) is 1.19. The Labute approximate surface area is 122 Å². The molecule has 4 heteroatoms. The summed E-state index contributed by atoms with van der Waals surface area (Å²) in [5.41, 5.74) is 2.43. The van der Waals surface area contributed by atoms with Crippen LogP contribution < -0.4 is 5.32 Å². The number of thiophene rings is 1. The van der Waals surface area contributed by atoms with Gasteiger partial charge in [0.25, 0.3) is 0 Å². The maximum atomic E-state index is 6.07.